The summed E-state index contributed by atoms with van der Waals surface area (Å²) in [6.07, 6.45) is 1.59. The fourth-order valence-corrected chi connectivity index (χ4v) is 3.68. The van der Waals surface area contributed by atoms with Gasteiger partial charge in [-0.05, 0) is 35.2 Å². The largest absolute Gasteiger partial charge is 0.350 e. The molecule has 0 aliphatic rings. The highest BCUT2D eigenvalue weighted by Gasteiger charge is 2.19. The van der Waals surface area contributed by atoms with Gasteiger partial charge in [-0.25, -0.2) is 5.43 Å². The molecule has 0 bridgehead atoms. The molecule has 128 valence electrons. The van der Waals surface area contributed by atoms with Crippen molar-refractivity contribution in [1.82, 2.24) is 10.4 Å². The molecular weight excluding hydrogens is 366 g/mol. The summed E-state index contributed by atoms with van der Waals surface area (Å²) in [7, 11) is 0. The molecule has 4 aromatic rings. The summed E-state index contributed by atoms with van der Waals surface area (Å²) in [5, 5.41) is 7.73. The summed E-state index contributed by atoms with van der Waals surface area (Å²) >= 11 is 7.46. The van der Waals surface area contributed by atoms with Gasteiger partial charge >= 0.3 is 0 Å². The molecule has 0 aliphatic heterocycles. The molecule has 26 heavy (non-hydrogen) atoms. The predicted octanol–water partition coefficient (Wildman–Crippen LogP) is 5.31. The molecule has 0 spiro atoms. The average Bonchev–Trinajstić information content (AvgIpc) is 3.30. The SMILES string of the molecule is O=C(N/N=C\c1ccc(Cl)cc1)c1[nH]c2ccccc2c1-c1cccs1. The summed E-state index contributed by atoms with van der Waals surface area (Å²) < 4.78 is 0. The zero-order valence-corrected chi connectivity index (χ0v) is 15.1. The molecule has 0 saturated heterocycles. The van der Waals surface area contributed by atoms with Crippen LogP contribution < -0.4 is 5.43 Å². The maximum atomic E-state index is 12.7. The Morgan fingerprint density at radius 2 is 1.88 bits per heavy atom. The van der Waals surface area contributed by atoms with Gasteiger partial charge in [-0.15, -0.1) is 11.3 Å². The number of thiophene rings is 1. The van der Waals surface area contributed by atoms with Gasteiger partial charge in [0.1, 0.15) is 5.69 Å². The van der Waals surface area contributed by atoms with Crippen molar-refractivity contribution in [2.24, 2.45) is 5.10 Å². The zero-order valence-electron chi connectivity index (χ0n) is 13.6. The Balaban J connectivity index is 1.64. The van der Waals surface area contributed by atoms with E-state index in [0.717, 1.165) is 26.9 Å². The van der Waals surface area contributed by atoms with Gasteiger partial charge in [0.05, 0.1) is 6.21 Å². The number of nitrogens with one attached hydrogen (secondary N) is 2. The Bertz CT molecular complexity index is 1080. The Hall–Kier alpha value is -2.89. The summed E-state index contributed by atoms with van der Waals surface area (Å²) in [5.74, 6) is -0.283. The van der Waals surface area contributed by atoms with Crippen molar-refractivity contribution in [1.29, 1.82) is 0 Å². The van der Waals surface area contributed by atoms with Gasteiger partial charge in [0.15, 0.2) is 0 Å². The van der Waals surface area contributed by atoms with Crippen LogP contribution in [0.15, 0.2) is 71.1 Å². The zero-order chi connectivity index (χ0) is 17.9. The van der Waals surface area contributed by atoms with Crippen molar-refractivity contribution in [3.8, 4) is 10.4 Å². The lowest BCUT2D eigenvalue weighted by Gasteiger charge is -2.02. The first-order chi connectivity index (χ1) is 12.7. The Labute approximate surface area is 159 Å². The van der Waals surface area contributed by atoms with E-state index >= 15 is 0 Å². The normalized spacial score (nSPS) is 11.3. The Morgan fingerprint density at radius 1 is 1.08 bits per heavy atom. The quantitative estimate of drug-likeness (QED) is 0.366. The number of halogens is 1. The number of hydrogen-bond donors (Lipinski definition) is 2. The minimum Gasteiger partial charge on any atom is -0.350 e. The number of hydrazone groups is 1. The van der Waals surface area contributed by atoms with Crippen LogP contribution in [0, 0.1) is 0 Å². The summed E-state index contributed by atoms with van der Waals surface area (Å²) in [4.78, 5) is 17.0. The minimum atomic E-state index is -0.283. The van der Waals surface area contributed by atoms with E-state index in [1.165, 1.54) is 0 Å². The average molecular weight is 380 g/mol. The standard InChI is InChI=1S/C20H14ClN3OS/c21-14-9-7-13(8-10-14)12-22-24-20(25)19-18(17-6-3-11-26-17)15-4-1-2-5-16(15)23-19/h1-12,23H,(H,24,25)/b22-12-. The van der Waals surface area contributed by atoms with Crippen LogP contribution in [0.1, 0.15) is 16.1 Å². The van der Waals surface area contributed by atoms with Crippen molar-refractivity contribution < 1.29 is 4.79 Å². The second-order valence-electron chi connectivity index (χ2n) is 5.65. The number of carbonyl (C=O) groups is 1. The van der Waals surface area contributed by atoms with Gasteiger partial charge in [-0.2, -0.15) is 5.10 Å². The molecule has 0 fully saturated rings. The number of carbonyl (C=O) groups excluding carboxylic acids is 1. The third kappa shape index (κ3) is 3.27. The van der Waals surface area contributed by atoms with E-state index in [4.69, 9.17) is 11.6 Å². The van der Waals surface area contributed by atoms with Gasteiger partial charge in [0, 0.05) is 26.4 Å². The fraction of sp³-hybridized carbons (Fsp3) is 0. The van der Waals surface area contributed by atoms with Gasteiger partial charge in [0.25, 0.3) is 5.91 Å². The lowest BCUT2D eigenvalue weighted by atomic mass is 10.1. The van der Waals surface area contributed by atoms with Crippen molar-refractivity contribution in [3.05, 3.63) is 82.3 Å². The second-order valence-corrected chi connectivity index (χ2v) is 7.03. The molecular formula is C20H14ClN3OS. The topological polar surface area (TPSA) is 57.2 Å². The van der Waals surface area contributed by atoms with E-state index in [-0.39, 0.29) is 5.91 Å². The van der Waals surface area contributed by atoms with Crippen LogP contribution in [0.5, 0.6) is 0 Å². The van der Waals surface area contributed by atoms with Crippen LogP contribution in [0.4, 0.5) is 0 Å². The van der Waals surface area contributed by atoms with E-state index in [1.807, 2.05) is 53.9 Å². The molecule has 0 aliphatic carbocycles. The number of H-pyrrole nitrogens is 1. The fourth-order valence-electron chi connectivity index (χ4n) is 2.76. The molecule has 2 aromatic carbocycles. The maximum absolute atomic E-state index is 12.7. The van der Waals surface area contributed by atoms with E-state index in [9.17, 15) is 4.79 Å². The number of para-hydroxylation sites is 1. The molecule has 4 nitrogen and oxygen atoms in total. The number of fused-ring (bicyclic) bond motifs is 1. The molecule has 2 aromatic heterocycles. The minimum absolute atomic E-state index is 0.283. The highest BCUT2D eigenvalue weighted by molar-refractivity contribution is 7.13. The number of rotatable bonds is 4. The van der Waals surface area contributed by atoms with E-state index in [0.29, 0.717) is 10.7 Å². The second kappa shape index (κ2) is 7.15. The molecule has 6 heteroatoms. The summed E-state index contributed by atoms with van der Waals surface area (Å²) in [6, 6.07) is 19.1. The lowest BCUT2D eigenvalue weighted by molar-refractivity contribution is 0.0951. The van der Waals surface area contributed by atoms with Crippen LogP contribution in [0.25, 0.3) is 21.3 Å². The van der Waals surface area contributed by atoms with Crippen LogP contribution in [-0.2, 0) is 0 Å². The Morgan fingerprint density at radius 3 is 2.65 bits per heavy atom. The first-order valence-corrected chi connectivity index (χ1v) is 9.22. The van der Waals surface area contributed by atoms with Gasteiger partial charge in [-0.1, -0.05) is 48.0 Å². The molecule has 1 amide bonds. The third-order valence-corrected chi connectivity index (χ3v) is 5.09. The highest BCUT2D eigenvalue weighted by Crippen LogP contribution is 2.35. The van der Waals surface area contributed by atoms with E-state index < -0.39 is 0 Å². The monoisotopic (exact) mass is 379 g/mol. The van der Waals surface area contributed by atoms with Gasteiger partial charge in [0.2, 0.25) is 0 Å². The number of benzene rings is 2. The van der Waals surface area contributed by atoms with Gasteiger partial charge < -0.3 is 4.98 Å². The molecule has 0 atom stereocenters. The maximum Gasteiger partial charge on any atom is 0.288 e. The molecule has 0 unspecified atom stereocenters. The van der Waals surface area contributed by atoms with Crippen molar-refractivity contribution >= 4 is 46.0 Å². The molecule has 2 N–H and O–H groups in total. The number of hydrogen-bond acceptors (Lipinski definition) is 3. The van der Waals surface area contributed by atoms with Crippen molar-refractivity contribution in [2.75, 3.05) is 0 Å². The molecule has 4 rings (SSSR count). The van der Waals surface area contributed by atoms with Crippen LogP contribution in [0.3, 0.4) is 0 Å². The van der Waals surface area contributed by atoms with Crippen LogP contribution >= 0.6 is 22.9 Å². The Kier molecular flexibility index (Phi) is 4.56. The number of nitrogens with zero attached hydrogens (tertiary/aromatic N) is 1. The first kappa shape index (κ1) is 16.6. The molecule has 0 radical (unpaired) electrons. The predicted molar refractivity (Wildman–Crippen MR) is 108 cm³/mol. The summed E-state index contributed by atoms with van der Waals surface area (Å²) in [6.45, 7) is 0. The lowest BCUT2D eigenvalue weighted by Crippen LogP contribution is -2.18. The van der Waals surface area contributed by atoms with E-state index in [1.54, 1.807) is 29.7 Å². The summed E-state index contributed by atoms with van der Waals surface area (Å²) in [5.41, 5.74) is 5.77. The number of aromatic amines is 1. The third-order valence-electron chi connectivity index (χ3n) is 3.95. The molecule has 0 saturated carbocycles. The van der Waals surface area contributed by atoms with Gasteiger partial charge in [-0.3, -0.25) is 4.79 Å². The highest BCUT2D eigenvalue weighted by atomic mass is 35.5. The van der Waals surface area contributed by atoms with Crippen LogP contribution in [0.2, 0.25) is 5.02 Å². The number of amides is 1. The first-order valence-electron chi connectivity index (χ1n) is 7.96. The molecule has 2 heterocycles. The number of aromatic nitrogens is 1. The van der Waals surface area contributed by atoms with Crippen LogP contribution in [-0.4, -0.2) is 17.1 Å². The van der Waals surface area contributed by atoms with Crippen molar-refractivity contribution in [3.63, 3.8) is 0 Å². The van der Waals surface area contributed by atoms with E-state index in [2.05, 4.69) is 15.5 Å². The van der Waals surface area contributed by atoms with Crippen molar-refractivity contribution in [2.45, 2.75) is 0 Å². The smallest absolute Gasteiger partial charge is 0.288 e.